The summed E-state index contributed by atoms with van der Waals surface area (Å²) in [6.07, 6.45) is 0. The van der Waals surface area contributed by atoms with Gasteiger partial charge in [-0.15, -0.1) is 0 Å². The molecule has 0 bridgehead atoms. The number of hydrogen-bond donors (Lipinski definition) is 1. The van der Waals surface area contributed by atoms with Crippen molar-refractivity contribution < 1.29 is 19.7 Å². The molecule has 0 radical (unpaired) electrons. The van der Waals surface area contributed by atoms with Gasteiger partial charge in [0.1, 0.15) is 0 Å². The van der Waals surface area contributed by atoms with Crippen molar-refractivity contribution in [1.29, 1.82) is 0 Å². The molecule has 0 aliphatic carbocycles. The largest absolute Gasteiger partial charge is 0.476 e. The number of nitro benzene ring substituents is 2. The second-order valence-electron chi connectivity index (χ2n) is 4.16. The quantitative estimate of drug-likeness (QED) is 0.644. The molecule has 0 spiro atoms. The van der Waals surface area contributed by atoms with Crippen molar-refractivity contribution >= 4 is 28.4 Å². The van der Waals surface area contributed by atoms with Crippen molar-refractivity contribution in [2.75, 3.05) is 0 Å². The summed E-state index contributed by atoms with van der Waals surface area (Å²) in [5, 5.41) is 30.8. The van der Waals surface area contributed by atoms with Crippen LogP contribution in [-0.4, -0.2) is 30.5 Å². The summed E-state index contributed by atoms with van der Waals surface area (Å²) in [6, 6.07) is 1.63. The average molecular weight is 308 g/mol. The highest BCUT2D eigenvalue weighted by atomic mass is 16.6. The zero-order valence-corrected chi connectivity index (χ0v) is 11.0. The zero-order chi connectivity index (χ0) is 16.6. The molecule has 11 heteroatoms. The first-order chi connectivity index (χ1) is 10.3. The van der Waals surface area contributed by atoms with Crippen LogP contribution in [0.3, 0.4) is 0 Å². The van der Waals surface area contributed by atoms with E-state index in [1.54, 1.807) is 0 Å². The van der Waals surface area contributed by atoms with Crippen molar-refractivity contribution in [3.05, 3.63) is 48.4 Å². The van der Waals surface area contributed by atoms with Crippen LogP contribution < -0.4 is 5.56 Å². The smallest absolute Gasteiger partial charge is 0.360 e. The summed E-state index contributed by atoms with van der Waals surface area (Å²) in [5.74, 6) is -1.59. The van der Waals surface area contributed by atoms with Crippen LogP contribution in [0.2, 0.25) is 0 Å². The lowest BCUT2D eigenvalue weighted by molar-refractivity contribution is -0.422. The molecule has 114 valence electrons. The van der Waals surface area contributed by atoms with Crippen molar-refractivity contribution in [2.24, 2.45) is 0 Å². The van der Waals surface area contributed by atoms with Gasteiger partial charge in [0.25, 0.3) is 5.56 Å². The van der Waals surface area contributed by atoms with E-state index < -0.39 is 38.4 Å². The summed E-state index contributed by atoms with van der Waals surface area (Å²) in [4.78, 5) is 46.5. The first kappa shape index (κ1) is 15.0. The van der Waals surface area contributed by atoms with Gasteiger partial charge in [-0.25, -0.2) is 9.78 Å². The molecule has 0 fully saturated rings. The second kappa shape index (κ2) is 5.20. The molecule has 0 amide bonds. The fourth-order valence-electron chi connectivity index (χ4n) is 2.01. The molecule has 1 aromatic heterocycles. The Kier molecular flexibility index (Phi) is 3.55. The van der Waals surface area contributed by atoms with Crippen LogP contribution in [0.25, 0.3) is 11.0 Å². The van der Waals surface area contributed by atoms with Crippen LogP contribution in [0, 0.1) is 20.2 Å². The van der Waals surface area contributed by atoms with E-state index in [9.17, 15) is 29.8 Å². The highest BCUT2D eigenvalue weighted by molar-refractivity contribution is 5.89. The maximum atomic E-state index is 12.0. The molecule has 1 heterocycles. The van der Waals surface area contributed by atoms with E-state index in [1.165, 1.54) is 6.92 Å². The lowest BCUT2D eigenvalue weighted by Gasteiger charge is -2.08. The number of benzene rings is 1. The molecule has 22 heavy (non-hydrogen) atoms. The van der Waals surface area contributed by atoms with E-state index in [2.05, 4.69) is 4.98 Å². The van der Waals surface area contributed by atoms with Gasteiger partial charge in [-0.2, -0.15) is 0 Å². The minimum atomic E-state index is -1.59. The summed E-state index contributed by atoms with van der Waals surface area (Å²) < 4.78 is 0.961. The molecule has 0 saturated carbocycles. The third-order valence-corrected chi connectivity index (χ3v) is 2.95. The average Bonchev–Trinajstić information content (AvgIpc) is 2.44. The van der Waals surface area contributed by atoms with Gasteiger partial charge in [-0.05, 0) is 6.92 Å². The van der Waals surface area contributed by atoms with Crippen LogP contribution in [0.4, 0.5) is 11.4 Å². The van der Waals surface area contributed by atoms with Crippen molar-refractivity contribution in [1.82, 2.24) is 9.55 Å². The van der Waals surface area contributed by atoms with Gasteiger partial charge < -0.3 is 9.67 Å². The second-order valence-corrected chi connectivity index (χ2v) is 4.16. The third-order valence-electron chi connectivity index (χ3n) is 2.95. The first-order valence-electron chi connectivity index (χ1n) is 5.88. The molecule has 0 aliphatic rings. The number of fused-ring (bicyclic) bond motifs is 1. The Bertz CT molecular complexity index is 886. The molecular weight excluding hydrogens is 300 g/mol. The van der Waals surface area contributed by atoms with Crippen molar-refractivity contribution in [3.8, 4) is 0 Å². The van der Waals surface area contributed by atoms with E-state index in [-0.39, 0.29) is 17.6 Å². The molecule has 0 saturated heterocycles. The van der Waals surface area contributed by atoms with Gasteiger partial charge >= 0.3 is 17.3 Å². The van der Waals surface area contributed by atoms with E-state index in [1.807, 2.05) is 0 Å². The lowest BCUT2D eigenvalue weighted by atomic mass is 10.2. The summed E-state index contributed by atoms with van der Waals surface area (Å²) in [5.41, 5.74) is -3.61. The monoisotopic (exact) mass is 308 g/mol. The SMILES string of the molecule is CCn1c(=O)c(C(=O)O)nc2cc([N+](=O)[O-])c([N+](=O)[O-])cc21. The van der Waals surface area contributed by atoms with Gasteiger partial charge in [0.15, 0.2) is 0 Å². The molecule has 2 rings (SSSR count). The number of nitrogens with zero attached hydrogens (tertiary/aromatic N) is 4. The number of rotatable bonds is 4. The van der Waals surface area contributed by atoms with Gasteiger partial charge in [0.2, 0.25) is 5.69 Å². The highest BCUT2D eigenvalue weighted by Gasteiger charge is 2.27. The number of carboxylic acid groups (broad SMARTS) is 1. The number of aromatic carboxylic acids is 1. The van der Waals surface area contributed by atoms with Crippen molar-refractivity contribution in [2.45, 2.75) is 13.5 Å². The van der Waals surface area contributed by atoms with Gasteiger partial charge in [-0.1, -0.05) is 0 Å². The Morgan fingerprint density at radius 1 is 1.27 bits per heavy atom. The Morgan fingerprint density at radius 2 is 1.82 bits per heavy atom. The third kappa shape index (κ3) is 2.24. The number of carboxylic acids is 1. The van der Waals surface area contributed by atoms with E-state index in [4.69, 9.17) is 5.11 Å². The Morgan fingerprint density at radius 3 is 2.27 bits per heavy atom. The summed E-state index contributed by atoms with van der Waals surface area (Å²) >= 11 is 0. The molecule has 1 aromatic carbocycles. The number of aryl methyl sites for hydroxylation is 1. The predicted molar refractivity (Wildman–Crippen MR) is 71.9 cm³/mol. The number of hydrogen-bond acceptors (Lipinski definition) is 7. The van der Waals surface area contributed by atoms with Crippen LogP contribution in [0.1, 0.15) is 17.4 Å². The van der Waals surface area contributed by atoms with Crippen LogP contribution in [-0.2, 0) is 6.54 Å². The van der Waals surface area contributed by atoms with E-state index in [0.29, 0.717) is 0 Å². The van der Waals surface area contributed by atoms with Crippen LogP contribution in [0.5, 0.6) is 0 Å². The Balaban J connectivity index is 3.01. The van der Waals surface area contributed by atoms with Gasteiger partial charge in [-0.3, -0.25) is 25.0 Å². The van der Waals surface area contributed by atoms with Crippen LogP contribution in [0.15, 0.2) is 16.9 Å². The molecular formula is C11H8N4O7. The number of aromatic nitrogens is 2. The Hall–Kier alpha value is -3.37. The summed E-state index contributed by atoms with van der Waals surface area (Å²) in [7, 11) is 0. The normalized spacial score (nSPS) is 10.6. The van der Waals surface area contributed by atoms with Crippen molar-refractivity contribution in [3.63, 3.8) is 0 Å². The fraction of sp³-hybridized carbons (Fsp3) is 0.182. The maximum absolute atomic E-state index is 12.0. The van der Waals surface area contributed by atoms with E-state index >= 15 is 0 Å². The Labute approximate surface area is 120 Å². The first-order valence-corrected chi connectivity index (χ1v) is 5.88. The molecule has 11 nitrogen and oxygen atoms in total. The van der Waals surface area contributed by atoms with Crippen LogP contribution >= 0.6 is 0 Å². The van der Waals surface area contributed by atoms with E-state index in [0.717, 1.165) is 16.7 Å². The molecule has 1 N–H and O–H groups in total. The molecule has 0 aliphatic heterocycles. The minimum Gasteiger partial charge on any atom is -0.476 e. The number of carbonyl (C=O) groups is 1. The topological polar surface area (TPSA) is 158 Å². The standard InChI is InChI=1S/C11H8N4O7/c1-2-13-6-4-8(15(21)22)7(14(19)20)3-5(6)12-9(10(13)16)11(17)18/h3-4H,2H2,1H3,(H,17,18). The molecule has 0 atom stereocenters. The minimum absolute atomic E-state index is 0.0209. The fourth-order valence-corrected chi connectivity index (χ4v) is 2.01. The highest BCUT2D eigenvalue weighted by Crippen LogP contribution is 2.30. The van der Waals surface area contributed by atoms with Gasteiger partial charge in [0, 0.05) is 12.6 Å². The summed E-state index contributed by atoms with van der Waals surface area (Å²) in [6.45, 7) is 1.55. The predicted octanol–water partition coefficient (Wildman–Crippen LogP) is 0.931. The zero-order valence-electron chi connectivity index (χ0n) is 11.0. The van der Waals surface area contributed by atoms with Gasteiger partial charge in [0.05, 0.1) is 26.9 Å². The number of nitro groups is 2. The molecule has 2 aromatic rings. The maximum Gasteiger partial charge on any atom is 0.360 e. The molecule has 0 unspecified atom stereocenters. The lowest BCUT2D eigenvalue weighted by Crippen LogP contribution is -2.28.